The van der Waals surface area contributed by atoms with Crippen LogP contribution in [0, 0.1) is 5.92 Å². The summed E-state index contributed by atoms with van der Waals surface area (Å²) in [5.74, 6) is 0.814. The monoisotopic (exact) mass is 282 g/mol. The molecule has 0 atom stereocenters. The van der Waals surface area contributed by atoms with Gasteiger partial charge < -0.3 is 10.2 Å². The Balaban J connectivity index is 2.08. The fourth-order valence-electron chi connectivity index (χ4n) is 2.01. The fraction of sp³-hybridized carbons (Fsp3) is 0.625. The first-order valence-corrected chi connectivity index (χ1v) is 7.59. The number of hydrogen-bond donors (Lipinski definition) is 1. The minimum atomic E-state index is 0.804. The van der Waals surface area contributed by atoms with Gasteiger partial charge in [0, 0.05) is 24.7 Å². The molecule has 0 heterocycles. The van der Waals surface area contributed by atoms with Crippen molar-refractivity contribution < 1.29 is 0 Å². The molecule has 0 bridgehead atoms. The van der Waals surface area contributed by atoms with Crippen molar-refractivity contribution in [3.8, 4) is 0 Å². The van der Waals surface area contributed by atoms with E-state index in [1.54, 1.807) is 0 Å². The maximum absolute atomic E-state index is 5.88. The van der Waals surface area contributed by atoms with Gasteiger partial charge in [-0.3, -0.25) is 0 Å². The first-order chi connectivity index (χ1) is 9.08. The molecular formula is C16H27ClN2. The van der Waals surface area contributed by atoms with Crippen molar-refractivity contribution in [3.63, 3.8) is 0 Å². The average Bonchev–Trinajstić information content (AvgIpc) is 2.36. The Morgan fingerprint density at radius 1 is 1.16 bits per heavy atom. The number of rotatable bonds is 9. The van der Waals surface area contributed by atoms with Crippen LogP contribution in [-0.4, -0.2) is 31.6 Å². The maximum Gasteiger partial charge on any atom is 0.0406 e. The molecule has 1 N–H and O–H groups in total. The Hall–Kier alpha value is -0.570. The number of hydrogen-bond acceptors (Lipinski definition) is 2. The molecule has 0 aliphatic carbocycles. The van der Waals surface area contributed by atoms with E-state index in [-0.39, 0.29) is 0 Å². The van der Waals surface area contributed by atoms with Gasteiger partial charge in [0.2, 0.25) is 0 Å². The second-order valence-corrected chi connectivity index (χ2v) is 6.09. The highest BCUT2D eigenvalue weighted by Crippen LogP contribution is 2.10. The molecule has 0 saturated heterocycles. The van der Waals surface area contributed by atoms with Gasteiger partial charge >= 0.3 is 0 Å². The van der Waals surface area contributed by atoms with E-state index in [0.717, 1.165) is 37.1 Å². The Morgan fingerprint density at radius 2 is 1.84 bits per heavy atom. The summed E-state index contributed by atoms with van der Waals surface area (Å²) in [5, 5.41) is 4.31. The van der Waals surface area contributed by atoms with Crippen LogP contribution >= 0.6 is 11.6 Å². The molecular weight excluding hydrogens is 256 g/mol. The highest BCUT2D eigenvalue weighted by atomic mass is 35.5. The normalized spacial score (nSPS) is 11.5. The third-order valence-corrected chi connectivity index (χ3v) is 3.42. The van der Waals surface area contributed by atoms with Crippen molar-refractivity contribution in [2.24, 2.45) is 5.92 Å². The number of nitrogens with one attached hydrogen (secondary N) is 1. The van der Waals surface area contributed by atoms with Gasteiger partial charge in [0.05, 0.1) is 0 Å². The first kappa shape index (κ1) is 16.5. The topological polar surface area (TPSA) is 15.3 Å². The number of nitrogens with zero attached hydrogens (tertiary/aromatic N) is 1. The van der Waals surface area contributed by atoms with Crippen LogP contribution in [0.5, 0.6) is 0 Å². The van der Waals surface area contributed by atoms with Crippen LogP contribution < -0.4 is 5.32 Å². The van der Waals surface area contributed by atoms with Crippen molar-refractivity contribution in [2.45, 2.75) is 33.2 Å². The van der Waals surface area contributed by atoms with Crippen molar-refractivity contribution in [2.75, 3.05) is 26.7 Å². The van der Waals surface area contributed by atoms with E-state index in [4.69, 9.17) is 11.6 Å². The minimum Gasteiger partial charge on any atom is -0.315 e. The standard InChI is InChI=1S/C16H27ClN2/c1-14(2)5-4-10-18-11-12-19(3)13-15-6-8-16(17)9-7-15/h6-9,14,18H,4-5,10-13H2,1-3H3. The van der Waals surface area contributed by atoms with Crippen LogP contribution in [-0.2, 0) is 6.54 Å². The zero-order valence-corrected chi connectivity index (χ0v) is 13.2. The molecule has 0 aromatic heterocycles. The van der Waals surface area contributed by atoms with Gasteiger partial charge in [-0.15, -0.1) is 0 Å². The van der Waals surface area contributed by atoms with Crippen molar-refractivity contribution in [1.29, 1.82) is 0 Å². The van der Waals surface area contributed by atoms with Gasteiger partial charge in [0.1, 0.15) is 0 Å². The van der Waals surface area contributed by atoms with E-state index < -0.39 is 0 Å². The van der Waals surface area contributed by atoms with Gasteiger partial charge in [0.15, 0.2) is 0 Å². The third-order valence-electron chi connectivity index (χ3n) is 3.17. The molecule has 1 aromatic rings. The predicted molar refractivity (Wildman–Crippen MR) is 84.7 cm³/mol. The summed E-state index contributed by atoms with van der Waals surface area (Å²) in [6.45, 7) is 8.80. The van der Waals surface area contributed by atoms with Crippen LogP contribution in [0.2, 0.25) is 5.02 Å². The van der Waals surface area contributed by atoms with E-state index >= 15 is 0 Å². The second kappa shape index (κ2) is 9.35. The summed E-state index contributed by atoms with van der Waals surface area (Å²) in [7, 11) is 2.16. The van der Waals surface area contributed by atoms with Gasteiger partial charge in [-0.2, -0.15) is 0 Å². The summed E-state index contributed by atoms with van der Waals surface area (Å²) in [5.41, 5.74) is 1.31. The summed E-state index contributed by atoms with van der Waals surface area (Å²) >= 11 is 5.88. The van der Waals surface area contributed by atoms with Gasteiger partial charge in [0.25, 0.3) is 0 Å². The molecule has 0 spiro atoms. The summed E-state index contributed by atoms with van der Waals surface area (Å²) < 4.78 is 0. The van der Waals surface area contributed by atoms with Gasteiger partial charge in [-0.05, 0) is 50.0 Å². The third kappa shape index (κ3) is 8.25. The van der Waals surface area contributed by atoms with Gasteiger partial charge in [-0.25, -0.2) is 0 Å². The Labute approximate surface area is 123 Å². The number of likely N-dealkylation sites (N-methyl/N-ethyl adjacent to an activating group) is 1. The SMILES string of the molecule is CC(C)CCCNCCN(C)Cc1ccc(Cl)cc1. The average molecular weight is 283 g/mol. The zero-order chi connectivity index (χ0) is 14.1. The highest BCUT2D eigenvalue weighted by Gasteiger charge is 2.00. The quantitative estimate of drug-likeness (QED) is 0.693. The predicted octanol–water partition coefficient (Wildman–Crippen LogP) is 3.80. The molecule has 0 unspecified atom stereocenters. The summed E-state index contributed by atoms with van der Waals surface area (Å²) in [6, 6.07) is 8.09. The molecule has 19 heavy (non-hydrogen) atoms. The molecule has 0 fully saturated rings. The Morgan fingerprint density at radius 3 is 2.47 bits per heavy atom. The zero-order valence-electron chi connectivity index (χ0n) is 12.5. The molecule has 0 aliphatic heterocycles. The second-order valence-electron chi connectivity index (χ2n) is 5.65. The van der Waals surface area contributed by atoms with Crippen LogP contribution in [0.1, 0.15) is 32.3 Å². The summed E-state index contributed by atoms with van der Waals surface area (Å²) in [6.07, 6.45) is 2.59. The van der Waals surface area contributed by atoms with Crippen molar-refractivity contribution in [1.82, 2.24) is 10.2 Å². The lowest BCUT2D eigenvalue weighted by Crippen LogP contribution is -2.29. The first-order valence-electron chi connectivity index (χ1n) is 7.21. The van der Waals surface area contributed by atoms with Crippen LogP contribution in [0.3, 0.4) is 0 Å². The van der Waals surface area contributed by atoms with Crippen LogP contribution in [0.25, 0.3) is 0 Å². The van der Waals surface area contributed by atoms with E-state index in [2.05, 4.69) is 43.2 Å². The van der Waals surface area contributed by atoms with E-state index in [1.165, 1.54) is 18.4 Å². The molecule has 3 heteroatoms. The minimum absolute atomic E-state index is 0.804. The fourth-order valence-corrected chi connectivity index (χ4v) is 2.14. The smallest absolute Gasteiger partial charge is 0.0406 e. The molecule has 0 radical (unpaired) electrons. The maximum atomic E-state index is 5.88. The largest absolute Gasteiger partial charge is 0.315 e. The molecule has 0 saturated carbocycles. The lowest BCUT2D eigenvalue weighted by Gasteiger charge is -2.17. The summed E-state index contributed by atoms with van der Waals surface area (Å²) in [4.78, 5) is 2.33. The molecule has 0 amide bonds. The molecule has 0 aliphatic rings. The molecule has 108 valence electrons. The van der Waals surface area contributed by atoms with E-state index in [1.807, 2.05) is 12.1 Å². The number of halogens is 1. The molecule has 1 aromatic carbocycles. The van der Waals surface area contributed by atoms with Gasteiger partial charge in [-0.1, -0.05) is 37.6 Å². The molecule has 1 rings (SSSR count). The highest BCUT2D eigenvalue weighted by molar-refractivity contribution is 6.30. The van der Waals surface area contributed by atoms with E-state index in [9.17, 15) is 0 Å². The lowest BCUT2D eigenvalue weighted by atomic mass is 10.1. The van der Waals surface area contributed by atoms with Crippen molar-refractivity contribution in [3.05, 3.63) is 34.9 Å². The Kier molecular flexibility index (Phi) is 8.11. The lowest BCUT2D eigenvalue weighted by molar-refractivity contribution is 0.323. The van der Waals surface area contributed by atoms with E-state index in [0.29, 0.717) is 0 Å². The Bertz CT molecular complexity index is 335. The van der Waals surface area contributed by atoms with Crippen molar-refractivity contribution >= 4 is 11.6 Å². The number of benzene rings is 1. The van der Waals surface area contributed by atoms with Crippen LogP contribution in [0.4, 0.5) is 0 Å². The van der Waals surface area contributed by atoms with Crippen LogP contribution in [0.15, 0.2) is 24.3 Å². The molecule has 2 nitrogen and oxygen atoms in total.